The molecule has 2 N–H and O–H groups in total. The number of aryl methyl sites for hydroxylation is 1. The lowest BCUT2D eigenvalue weighted by molar-refractivity contribution is -0.384. The normalized spacial score (nSPS) is 13.0. The van der Waals surface area contributed by atoms with E-state index in [2.05, 4.69) is 4.98 Å². The number of rotatable bonds is 2. The van der Waals surface area contributed by atoms with Gasteiger partial charge in [0.25, 0.3) is 11.6 Å². The molecular weight excluding hydrogens is 284 g/mol. The number of aromatic nitrogens is 1. The summed E-state index contributed by atoms with van der Waals surface area (Å²) < 4.78 is 0. The standard InChI is InChI=1S/C15H14N4O3/c1-9-6-11(14(16)13(7-9)19(21)22)15(20)18-5-3-10-8-17-4-2-12(10)18/h2,4,6-8H,3,5,16H2,1H3. The molecule has 0 unspecified atom stereocenters. The molecule has 7 heteroatoms. The van der Waals surface area contributed by atoms with Crippen molar-refractivity contribution >= 4 is 23.0 Å². The van der Waals surface area contributed by atoms with Crippen LogP contribution in [0, 0.1) is 17.0 Å². The second kappa shape index (κ2) is 5.10. The van der Waals surface area contributed by atoms with Crippen LogP contribution in [0.4, 0.5) is 17.1 Å². The minimum absolute atomic E-state index is 0.0943. The highest BCUT2D eigenvalue weighted by molar-refractivity contribution is 6.11. The van der Waals surface area contributed by atoms with Crippen molar-refractivity contribution in [2.24, 2.45) is 0 Å². The fourth-order valence-corrected chi connectivity index (χ4v) is 2.69. The highest BCUT2D eigenvalue weighted by atomic mass is 16.6. The van der Waals surface area contributed by atoms with Crippen molar-refractivity contribution in [1.29, 1.82) is 0 Å². The van der Waals surface area contributed by atoms with Gasteiger partial charge < -0.3 is 10.6 Å². The molecule has 3 rings (SSSR count). The quantitative estimate of drug-likeness (QED) is 0.519. The summed E-state index contributed by atoms with van der Waals surface area (Å²) in [4.78, 5) is 28.9. The van der Waals surface area contributed by atoms with E-state index < -0.39 is 4.92 Å². The van der Waals surface area contributed by atoms with Crippen LogP contribution in [0.2, 0.25) is 0 Å². The van der Waals surface area contributed by atoms with E-state index in [1.807, 2.05) is 0 Å². The van der Waals surface area contributed by atoms with Gasteiger partial charge in [-0.1, -0.05) is 0 Å². The van der Waals surface area contributed by atoms with Gasteiger partial charge in [0.05, 0.1) is 16.2 Å². The number of nitrogen functional groups attached to an aromatic ring is 1. The van der Waals surface area contributed by atoms with Crippen molar-refractivity contribution in [1.82, 2.24) is 4.98 Å². The molecule has 1 amide bonds. The Hall–Kier alpha value is -2.96. The maximum atomic E-state index is 12.8. The summed E-state index contributed by atoms with van der Waals surface area (Å²) >= 11 is 0. The monoisotopic (exact) mass is 298 g/mol. The number of amides is 1. The van der Waals surface area contributed by atoms with Crippen molar-refractivity contribution in [2.45, 2.75) is 13.3 Å². The molecule has 0 aliphatic carbocycles. The number of nitro benzene ring substituents is 1. The lowest BCUT2D eigenvalue weighted by atomic mass is 10.1. The van der Waals surface area contributed by atoms with Crippen molar-refractivity contribution in [3.05, 3.63) is 57.4 Å². The van der Waals surface area contributed by atoms with Gasteiger partial charge in [-0.3, -0.25) is 19.9 Å². The molecule has 0 saturated heterocycles. The number of nitrogens with two attached hydrogens (primary N) is 1. The van der Waals surface area contributed by atoms with Crippen molar-refractivity contribution in [2.75, 3.05) is 17.2 Å². The van der Waals surface area contributed by atoms with Gasteiger partial charge in [0.2, 0.25) is 0 Å². The second-order valence-corrected chi connectivity index (χ2v) is 5.21. The Labute approximate surface area is 126 Å². The number of hydrogen-bond acceptors (Lipinski definition) is 5. The molecule has 0 radical (unpaired) electrons. The third kappa shape index (κ3) is 2.16. The van der Waals surface area contributed by atoms with Crippen molar-refractivity contribution < 1.29 is 9.72 Å². The van der Waals surface area contributed by atoms with Crippen LogP contribution >= 0.6 is 0 Å². The van der Waals surface area contributed by atoms with Gasteiger partial charge in [-0.2, -0.15) is 0 Å². The van der Waals surface area contributed by atoms with E-state index >= 15 is 0 Å². The number of benzene rings is 1. The van der Waals surface area contributed by atoms with Crippen LogP contribution in [-0.4, -0.2) is 22.4 Å². The number of hydrogen-bond donors (Lipinski definition) is 1. The number of carbonyl (C=O) groups is 1. The molecule has 22 heavy (non-hydrogen) atoms. The summed E-state index contributed by atoms with van der Waals surface area (Å²) in [6.45, 7) is 2.21. The Morgan fingerprint density at radius 3 is 2.95 bits per heavy atom. The molecule has 2 aromatic rings. The summed E-state index contributed by atoms with van der Waals surface area (Å²) in [5.74, 6) is -0.325. The van der Waals surface area contributed by atoms with Gasteiger partial charge in [-0.15, -0.1) is 0 Å². The number of carbonyl (C=O) groups excluding carboxylic acids is 1. The highest BCUT2D eigenvalue weighted by Crippen LogP contribution is 2.32. The van der Waals surface area contributed by atoms with Crippen LogP contribution in [0.3, 0.4) is 0 Å². The second-order valence-electron chi connectivity index (χ2n) is 5.21. The number of fused-ring (bicyclic) bond motifs is 1. The van der Waals surface area contributed by atoms with E-state index in [4.69, 9.17) is 5.73 Å². The molecule has 1 aliphatic heterocycles. The fourth-order valence-electron chi connectivity index (χ4n) is 2.69. The van der Waals surface area contributed by atoms with E-state index in [1.165, 1.54) is 6.07 Å². The van der Waals surface area contributed by atoms with Crippen LogP contribution in [0.1, 0.15) is 21.5 Å². The molecule has 0 spiro atoms. The molecule has 2 heterocycles. The van der Waals surface area contributed by atoms with Gasteiger partial charge in [-0.25, -0.2) is 0 Å². The number of nitro groups is 1. The third-order valence-electron chi connectivity index (χ3n) is 3.75. The Bertz CT molecular complexity index is 788. The van der Waals surface area contributed by atoms with Gasteiger partial charge >= 0.3 is 0 Å². The van der Waals surface area contributed by atoms with Crippen LogP contribution in [0.15, 0.2) is 30.6 Å². The van der Waals surface area contributed by atoms with Crippen molar-refractivity contribution in [3.63, 3.8) is 0 Å². The molecule has 1 aromatic carbocycles. The third-order valence-corrected chi connectivity index (χ3v) is 3.75. The van der Waals surface area contributed by atoms with Crippen LogP contribution in [0.25, 0.3) is 0 Å². The van der Waals surface area contributed by atoms with Crippen LogP contribution < -0.4 is 10.6 Å². The van der Waals surface area contributed by atoms with E-state index in [0.29, 0.717) is 18.5 Å². The smallest absolute Gasteiger partial charge is 0.293 e. The minimum Gasteiger partial charge on any atom is -0.393 e. The van der Waals surface area contributed by atoms with Gasteiger partial charge in [0.15, 0.2) is 0 Å². The maximum Gasteiger partial charge on any atom is 0.293 e. The van der Waals surface area contributed by atoms with E-state index in [9.17, 15) is 14.9 Å². The topological polar surface area (TPSA) is 102 Å². The summed E-state index contributed by atoms with van der Waals surface area (Å²) in [5, 5.41) is 11.1. The summed E-state index contributed by atoms with van der Waals surface area (Å²) in [7, 11) is 0. The number of anilines is 2. The van der Waals surface area contributed by atoms with Crippen LogP contribution in [-0.2, 0) is 6.42 Å². The zero-order chi connectivity index (χ0) is 15.9. The SMILES string of the molecule is Cc1cc(C(=O)N2CCc3cnccc32)c(N)c([N+](=O)[O-])c1. The average molecular weight is 298 g/mol. The first-order valence-corrected chi connectivity index (χ1v) is 6.78. The predicted octanol–water partition coefficient (Wildman–Crippen LogP) is 2.08. The summed E-state index contributed by atoms with van der Waals surface area (Å²) in [6.07, 6.45) is 4.06. The van der Waals surface area contributed by atoms with Gasteiger partial charge in [0.1, 0.15) is 5.69 Å². The predicted molar refractivity (Wildman–Crippen MR) is 81.9 cm³/mol. The molecule has 112 valence electrons. The van der Waals surface area contributed by atoms with E-state index in [0.717, 1.165) is 11.3 Å². The molecule has 0 saturated carbocycles. The lowest BCUT2D eigenvalue weighted by Crippen LogP contribution is -2.29. The first kappa shape index (κ1) is 14.0. The summed E-state index contributed by atoms with van der Waals surface area (Å²) in [6, 6.07) is 4.72. The maximum absolute atomic E-state index is 12.8. The first-order chi connectivity index (χ1) is 10.5. The average Bonchev–Trinajstić information content (AvgIpc) is 2.92. The number of pyridine rings is 1. The minimum atomic E-state index is -0.568. The molecule has 1 aliphatic rings. The number of nitrogens with zero attached hydrogens (tertiary/aromatic N) is 3. The highest BCUT2D eigenvalue weighted by Gasteiger charge is 2.29. The Balaban J connectivity index is 2.06. The lowest BCUT2D eigenvalue weighted by Gasteiger charge is -2.18. The Kier molecular flexibility index (Phi) is 3.25. The van der Waals surface area contributed by atoms with Gasteiger partial charge in [-0.05, 0) is 36.6 Å². The Morgan fingerprint density at radius 1 is 1.45 bits per heavy atom. The summed E-state index contributed by atoms with van der Waals surface area (Å²) in [5.41, 5.74) is 8.06. The van der Waals surface area contributed by atoms with E-state index in [1.54, 1.807) is 36.4 Å². The molecular formula is C15H14N4O3. The van der Waals surface area contributed by atoms with Gasteiger partial charge in [0, 0.05) is 25.0 Å². The molecule has 0 fully saturated rings. The largest absolute Gasteiger partial charge is 0.393 e. The van der Waals surface area contributed by atoms with Crippen molar-refractivity contribution in [3.8, 4) is 0 Å². The first-order valence-electron chi connectivity index (χ1n) is 6.78. The zero-order valence-electron chi connectivity index (χ0n) is 11.9. The zero-order valence-corrected chi connectivity index (χ0v) is 11.9. The molecule has 0 bridgehead atoms. The molecule has 7 nitrogen and oxygen atoms in total. The van der Waals surface area contributed by atoms with E-state index in [-0.39, 0.29) is 22.8 Å². The van der Waals surface area contributed by atoms with Crippen LogP contribution in [0.5, 0.6) is 0 Å². The fraction of sp³-hybridized carbons (Fsp3) is 0.200. The molecule has 1 aromatic heterocycles. The molecule has 0 atom stereocenters. The Morgan fingerprint density at radius 2 is 2.23 bits per heavy atom.